The Hall–Kier alpha value is -2.70. The molecule has 0 saturated carbocycles. The number of methoxy groups -OCH3 is 1. The molecule has 0 saturated heterocycles. The van der Waals surface area contributed by atoms with Crippen molar-refractivity contribution in [1.82, 2.24) is 0 Å². The van der Waals surface area contributed by atoms with E-state index in [4.69, 9.17) is 0 Å². The Morgan fingerprint density at radius 2 is 0.974 bits per heavy atom. The highest BCUT2D eigenvalue weighted by Crippen LogP contribution is 2.64. The van der Waals surface area contributed by atoms with Gasteiger partial charge in [0.25, 0.3) is 0 Å². The molecular formula is C18H11F17O3. The highest BCUT2D eigenvalue weighted by Gasteiger charge is 2.95. The number of esters is 1. The minimum Gasteiger partial charge on any atom is -0.493 e. The van der Waals surface area contributed by atoms with Crippen LogP contribution in [0.4, 0.5) is 74.6 Å². The van der Waals surface area contributed by atoms with Crippen LogP contribution in [0.2, 0.25) is 0 Å². The molecule has 1 aromatic carbocycles. The monoisotopic (exact) mass is 598 g/mol. The molecule has 0 amide bonds. The summed E-state index contributed by atoms with van der Waals surface area (Å²) in [7, 11) is 0.952. The molecule has 0 N–H and O–H groups in total. The lowest BCUT2D eigenvalue weighted by molar-refractivity contribution is -0.461. The molecule has 38 heavy (non-hydrogen) atoms. The SMILES string of the molecule is COC(=O)c1ccc(OCCC(F)(F)C(F)(F)C(F)(F)C(F)(F)C(F)(F)C(F)(F)C(F)(F)C(F)(F)F)cc1. The number of rotatable bonds is 11. The van der Waals surface area contributed by atoms with Crippen molar-refractivity contribution in [2.45, 2.75) is 54.1 Å². The van der Waals surface area contributed by atoms with E-state index in [1.807, 2.05) is 0 Å². The Kier molecular flexibility index (Phi) is 8.59. The summed E-state index contributed by atoms with van der Waals surface area (Å²) in [6.45, 7) is -1.79. The average Bonchev–Trinajstić information content (AvgIpc) is 2.77. The summed E-state index contributed by atoms with van der Waals surface area (Å²) in [6, 6.07) is 3.41. The van der Waals surface area contributed by atoms with Gasteiger partial charge in [-0.3, -0.25) is 0 Å². The number of ether oxygens (including phenoxy) is 2. The second-order valence-electron chi connectivity index (χ2n) is 7.26. The van der Waals surface area contributed by atoms with Crippen LogP contribution in [0.3, 0.4) is 0 Å². The fraction of sp³-hybridized carbons (Fsp3) is 0.611. The maximum absolute atomic E-state index is 13.8. The summed E-state index contributed by atoms with van der Waals surface area (Å²) in [4.78, 5) is 11.2. The number of hydrogen-bond acceptors (Lipinski definition) is 3. The van der Waals surface area contributed by atoms with E-state index in [1.54, 1.807) is 0 Å². The largest absolute Gasteiger partial charge is 0.493 e. The van der Waals surface area contributed by atoms with Crippen LogP contribution in [0.15, 0.2) is 24.3 Å². The Bertz CT molecular complexity index is 983. The third kappa shape index (κ3) is 5.01. The molecule has 0 spiro atoms. The van der Waals surface area contributed by atoms with Gasteiger partial charge in [-0.25, -0.2) is 4.79 Å². The summed E-state index contributed by atoms with van der Waals surface area (Å²) in [5.41, 5.74) is -0.174. The first-order valence-corrected chi connectivity index (χ1v) is 9.20. The Morgan fingerprint density at radius 3 is 1.34 bits per heavy atom. The number of carbonyl (C=O) groups excluding carboxylic acids is 1. The van der Waals surface area contributed by atoms with Gasteiger partial charge in [-0.1, -0.05) is 0 Å². The van der Waals surface area contributed by atoms with Gasteiger partial charge in [0.1, 0.15) is 5.75 Å². The van der Waals surface area contributed by atoms with Crippen LogP contribution in [0.5, 0.6) is 5.75 Å². The molecule has 0 aliphatic heterocycles. The van der Waals surface area contributed by atoms with Crippen molar-refractivity contribution in [3.8, 4) is 5.75 Å². The first-order valence-electron chi connectivity index (χ1n) is 9.20. The molecule has 0 unspecified atom stereocenters. The van der Waals surface area contributed by atoms with Crippen molar-refractivity contribution >= 4 is 5.97 Å². The van der Waals surface area contributed by atoms with Gasteiger partial charge in [0.05, 0.1) is 25.7 Å². The molecule has 220 valence electrons. The van der Waals surface area contributed by atoms with Crippen LogP contribution in [0.1, 0.15) is 16.8 Å². The van der Waals surface area contributed by atoms with Crippen LogP contribution in [-0.2, 0) is 4.74 Å². The van der Waals surface area contributed by atoms with Crippen molar-refractivity contribution in [1.29, 1.82) is 0 Å². The quantitative estimate of drug-likeness (QED) is 0.199. The number of alkyl halides is 17. The molecule has 0 bridgehead atoms. The van der Waals surface area contributed by atoms with Crippen molar-refractivity contribution in [2.75, 3.05) is 13.7 Å². The molecule has 0 aliphatic rings. The van der Waals surface area contributed by atoms with E-state index < -0.39 is 72.4 Å². The van der Waals surface area contributed by atoms with E-state index in [-0.39, 0.29) is 5.56 Å². The Morgan fingerprint density at radius 1 is 0.605 bits per heavy atom. The van der Waals surface area contributed by atoms with Gasteiger partial charge < -0.3 is 9.47 Å². The molecule has 1 aromatic rings. The van der Waals surface area contributed by atoms with Crippen molar-refractivity contribution in [2.24, 2.45) is 0 Å². The molecule has 0 fully saturated rings. The normalized spacial score (nSPS) is 14.9. The highest BCUT2D eigenvalue weighted by atomic mass is 19.4. The zero-order chi connectivity index (χ0) is 30.4. The summed E-state index contributed by atoms with van der Waals surface area (Å²) in [6.07, 6.45) is -10.5. The number of hydrogen-bond donors (Lipinski definition) is 0. The lowest BCUT2D eigenvalue weighted by Gasteiger charge is -2.42. The van der Waals surface area contributed by atoms with Gasteiger partial charge in [-0.05, 0) is 24.3 Å². The van der Waals surface area contributed by atoms with Crippen molar-refractivity contribution in [3.63, 3.8) is 0 Å². The smallest absolute Gasteiger partial charge is 0.460 e. The molecule has 0 aromatic heterocycles. The van der Waals surface area contributed by atoms with Crippen molar-refractivity contribution < 1.29 is 88.9 Å². The first kappa shape index (κ1) is 33.3. The second kappa shape index (κ2) is 9.80. The average molecular weight is 598 g/mol. The Balaban J connectivity index is 3.27. The molecule has 3 nitrogen and oxygen atoms in total. The van der Waals surface area contributed by atoms with E-state index in [0.29, 0.717) is 0 Å². The highest BCUT2D eigenvalue weighted by molar-refractivity contribution is 5.89. The lowest BCUT2D eigenvalue weighted by atomic mass is 9.88. The first-order chi connectivity index (χ1) is 16.7. The predicted octanol–water partition coefficient (Wildman–Crippen LogP) is 7.25. The number of carbonyl (C=O) groups is 1. The summed E-state index contributed by atoms with van der Waals surface area (Å²) < 4.78 is 233. The number of benzene rings is 1. The van der Waals surface area contributed by atoms with Crippen LogP contribution in [0, 0.1) is 0 Å². The molecule has 0 atom stereocenters. The lowest BCUT2D eigenvalue weighted by Crippen LogP contribution is -2.74. The minimum atomic E-state index is -8.67. The third-order valence-corrected chi connectivity index (χ3v) is 4.75. The second-order valence-corrected chi connectivity index (χ2v) is 7.26. The predicted molar refractivity (Wildman–Crippen MR) is 88.6 cm³/mol. The van der Waals surface area contributed by atoms with Crippen LogP contribution >= 0.6 is 0 Å². The van der Waals surface area contributed by atoms with E-state index in [0.717, 1.165) is 31.4 Å². The molecular weight excluding hydrogens is 587 g/mol. The zero-order valence-corrected chi connectivity index (χ0v) is 17.9. The summed E-state index contributed by atoms with van der Waals surface area (Å²) in [5, 5.41) is 0. The van der Waals surface area contributed by atoms with E-state index >= 15 is 0 Å². The maximum Gasteiger partial charge on any atom is 0.460 e. The summed E-state index contributed by atoms with van der Waals surface area (Å²) in [5.74, 6) is -58.1. The van der Waals surface area contributed by atoms with Gasteiger partial charge >= 0.3 is 53.6 Å². The molecule has 0 heterocycles. The molecule has 20 heteroatoms. The summed E-state index contributed by atoms with van der Waals surface area (Å²) >= 11 is 0. The van der Waals surface area contributed by atoms with Gasteiger partial charge in [0.15, 0.2) is 0 Å². The standard InChI is InChI=1S/C18H11F17O3/c1-37-10(36)8-2-4-9(5-3-8)38-7-6-11(19,20)12(21,22)13(23,24)14(25,26)15(27,28)16(29,30)17(31,32)18(33,34)35/h2-5H,6-7H2,1H3. The maximum atomic E-state index is 13.8. The fourth-order valence-corrected chi connectivity index (χ4v) is 2.46. The zero-order valence-electron chi connectivity index (χ0n) is 17.9. The minimum absolute atomic E-state index is 0.174. The fourth-order valence-electron chi connectivity index (χ4n) is 2.46. The van der Waals surface area contributed by atoms with Crippen LogP contribution in [-0.4, -0.2) is 67.3 Å². The van der Waals surface area contributed by atoms with E-state index in [9.17, 15) is 79.4 Å². The van der Waals surface area contributed by atoms with Gasteiger partial charge in [-0.15, -0.1) is 0 Å². The Labute approximate surface area is 199 Å². The van der Waals surface area contributed by atoms with Gasteiger partial charge in [0, 0.05) is 0 Å². The van der Waals surface area contributed by atoms with Crippen LogP contribution in [0.25, 0.3) is 0 Å². The third-order valence-electron chi connectivity index (χ3n) is 4.75. The molecule has 1 rings (SSSR count). The van der Waals surface area contributed by atoms with Gasteiger partial charge in [-0.2, -0.15) is 74.6 Å². The van der Waals surface area contributed by atoms with E-state index in [1.165, 1.54) is 0 Å². The van der Waals surface area contributed by atoms with Crippen LogP contribution < -0.4 is 4.74 Å². The number of halogens is 17. The molecule has 0 radical (unpaired) electrons. The van der Waals surface area contributed by atoms with Crippen molar-refractivity contribution in [3.05, 3.63) is 29.8 Å². The van der Waals surface area contributed by atoms with Gasteiger partial charge in [0.2, 0.25) is 0 Å². The van der Waals surface area contributed by atoms with E-state index in [2.05, 4.69) is 9.47 Å². The topological polar surface area (TPSA) is 35.5 Å². The molecule has 0 aliphatic carbocycles.